The molecule has 1 aromatic rings. The molecule has 0 spiro atoms. The van der Waals surface area contributed by atoms with Crippen molar-refractivity contribution >= 4 is 11.3 Å². The monoisotopic (exact) mass is 154 g/mol. The second-order valence-corrected chi connectivity index (χ2v) is 3.67. The van der Waals surface area contributed by atoms with Crippen LogP contribution in [0.2, 0.25) is 0 Å². The van der Waals surface area contributed by atoms with E-state index in [4.69, 9.17) is 4.74 Å². The molecule has 0 bridgehead atoms. The van der Waals surface area contributed by atoms with Gasteiger partial charge in [-0.05, 0) is 30.9 Å². The summed E-state index contributed by atoms with van der Waals surface area (Å²) < 4.78 is 5.13. The van der Waals surface area contributed by atoms with Crippen molar-refractivity contribution in [3.05, 3.63) is 16.5 Å². The fourth-order valence-corrected chi connectivity index (χ4v) is 2.47. The predicted octanol–water partition coefficient (Wildman–Crippen LogP) is 2.25. The van der Waals surface area contributed by atoms with Crippen molar-refractivity contribution in [1.29, 1.82) is 0 Å². The molecule has 54 valence electrons. The molecular weight excluding hydrogens is 144 g/mol. The number of methoxy groups -OCH3 is 1. The Bertz CT molecular complexity index is 218. The predicted molar refractivity (Wildman–Crippen MR) is 42.9 cm³/mol. The van der Waals surface area contributed by atoms with Gasteiger partial charge in [-0.15, -0.1) is 11.3 Å². The number of aryl methyl sites for hydroxylation is 2. The molecule has 0 aromatic carbocycles. The van der Waals surface area contributed by atoms with Crippen molar-refractivity contribution in [1.82, 2.24) is 0 Å². The lowest BCUT2D eigenvalue weighted by atomic mass is 10.3. The highest BCUT2D eigenvalue weighted by atomic mass is 32.1. The Labute approximate surface area is 64.6 Å². The molecule has 0 saturated carbocycles. The van der Waals surface area contributed by atoms with E-state index in [9.17, 15) is 0 Å². The summed E-state index contributed by atoms with van der Waals surface area (Å²) in [5, 5.41) is 1.07. The van der Waals surface area contributed by atoms with Gasteiger partial charge in [0.15, 0.2) is 5.06 Å². The molecule has 1 aliphatic rings. The first-order valence-corrected chi connectivity index (χ1v) is 4.37. The maximum absolute atomic E-state index is 5.13. The topological polar surface area (TPSA) is 9.23 Å². The fraction of sp³-hybridized carbons (Fsp3) is 0.500. The van der Waals surface area contributed by atoms with Gasteiger partial charge in [-0.25, -0.2) is 0 Å². The van der Waals surface area contributed by atoms with Crippen LogP contribution in [0.3, 0.4) is 0 Å². The smallest absolute Gasteiger partial charge is 0.173 e. The van der Waals surface area contributed by atoms with Crippen molar-refractivity contribution in [3.8, 4) is 5.06 Å². The molecule has 0 unspecified atom stereocenters. The van der Waals surface area contributed by atoms with Gasteiger partial charge in [0.1, 0.15) is 0 Å². The van der Waals surface area contributed by atoms with Gasteiger partial charge in [-0.3, -0.25) is 0 Å². The number of thiophene rings is 1. The third-order valence-corrected chi connectivity index (χ3v) is 3.12. The van der Waals surface area contributed by atoms with Crippen LogP contribution in [0.4, 0.5) is 0 Å². The molecule has 2 rings (SSSR count). The molecule has 0 saturated heterocycles. The number of hydrogen-bond acceptors (Lipinski definition) is 2. The average molecular weight is 154 g/mol. The highest BCUT2D eigenvalue weighted by molar-refractivity contribution is 7.14. The first kappa shape index (κ1) is 6.23. The summed E-state index contributed by atoms with van der Waals surface area (Å²) in [5.41, 5.74) is 1.52. The molecule has 0 N–H and O–H groups in total. The van der Waals surface area contributed by atoms with Crippen LogP contribution in [0.15, 0.2) is 6.07 Å². The van der Waals surface area contributed by atoms with Gasteiger partial charge in [0.05, 0.1) is 7.11 Å². The van der Waals surface area contributed by atoms with Crippen molar-refractivity contribution in [2.45, 2.75) is 19.3 Å². The van der Waals surface area contributed by atoms with Gasteiger partial charge < -0.3 is 4.74 Å². The molecule has 1 aromatic heterocycles. The van der Waals surface area contributed by atoms with Crippen LogP contribution in [-0.4, -0.2) is 7.11 Å². The molecule has 1 aliphatic carbocycles. The molecule has 0 atom stereocenters. The fourth-order valence-electron chi connectivity index (χ4n) is 1.40. The summed E-state index contributed by atoms with van der Waals surface area (Å²) in [6, 6.07) is 2.17. The van der Waals surface area contributed by atoms with Gasteiger partial charge >= 0.3 is 0 Å². The average Bonchev–Trinajstić information content (AvgIpc) is 2.42. The van der Waals surface area contributed by atoms with E-state index in [2.05, 4.69) is 6.07 Å². The first-order valence-electron chi connectivity index (χ1n) is 3.56. The standard InChI is InChI=1S/C8H10OS/c1-9-8-5-6-3-2-4-7(6)10-8/h5H,2-4H2,1H3. The molecule has 2 heteroatoms. The summed E-state index contributed by atoms with van der Waals surface area (Å²) >= 11 is 1.80. The molecule has 0 fully saturated rings. The number of fused-ring (bicyclic) bond motifs is 1. The van der Waals surface area contributed by atoms with Crippen molar-refractivity contribution < 1.29 is 4.74 Å². The first-order chi connectivity index (χ1) is 4.90. The third-order valence-electron chi connectivity index (χ3n) is 1.93. The summed E-state index contributed by atoms with van der Waals surface area (Å²) in [6.45, 7) is 0. The maximum Gasteiger partial charge on any atom is 0.173 e. The van der Waals surface area contributed by atoms with Gasteiger partial charge in [0.2, 0.25) is 0 Å². The minimum Gasteiger partial charge on any atom is -0.487 e. The van der Waals surface area contributed by atoms with Crippen LogP contribution in [-0.2, 0) is 12.8 Å². The highest BCUT2D eigenvalue weighted by Gasteiger charge is 2.14. The Hall–Kier alpha value is -0.500. The van der Waals surface area contributed by atoms with Crippen LogP contribution in [0.25, 0.3) is 0 Å². The van der Waals surface area contributed by atoms with Gasteiger partial charge in [0, 0.05) is 4.88 Å². The second kappa shape index (κ2) is 2.27. The van der Waals surface area contributed by atoms with Crippen molar-refractivity contribution in [2.24, 2.45) is 0 Å². The maximum atomic E-state index is 5.13. The van der Waals surface area contributed by atoms with Crippen LogP contribution in [0, 0.1) is 0 Å². The number of ether oxygens (including phenoxy) is 1. The van der Waals surface area contributed by atoms with E-state index in [0.717, 1.165) is 5.06 Å². The van der Waals surface area contributed by atoms with Gasteiger partial charge in [0.25, 0.3) is 0 Å². The second-order valence-electron chi connectivity index (χ2n) is 2.57. The van der Waals surface area contributed by atoms with Crippen LogP contribution >= 0.6 is 11.3 Å². The number of rotatable bonds is 1. The Morgan fingerprint density at radius 1 is 1.50 bits per heavy atom. The van der Waals surface area contributed by atoms with E-state index >= 15 is 0 Å². The van der Waals surface area contributed by atoms with E-state index in [1.807, 2.05) is 0 Å². The summed E-state index contributed by atoms with van der Waals surface area (Å²) in [7, 11) is 1.74. The Balaban J connectivity index is 2.37. The van der Waals surface area contributed by atoms with Crippen molar-refractivity contribution in [2.75, 3.05) is 7.11 Å². The van der Waals surface area contributed by atoms with Crippen LogP contribution in [0.1, 0.15) is 16.9 Å². The molecule has 0 aliphatic heterocycles. The molecule has 0 amide bonds. The molecular formula is C8H10OS. The third kappa shape index (κ3) is 0.833. The molecule has 10 heavy (non-hydrogen) atoms. The summed E-state index contributed by atoms with van der Waals surface area (Å²) in [5.74, 6) is 0. The number of hydrogen-bond donors (Lipinski definition) is 0. The van der Waals surface area contributed by atoms with E-state index in [-0.39, 0.29) is 0 Å². The van der Waals surface area contributed by atoms with Gasteiger partial charge in [-0.2, -0.15) is 0 Å². The minimum atomic E-state index is 1.07. The largest absolute Gasteiger partial charge is 0.487 e. The summed E-state index contributed by atoms with van der Waals surface area (Å²) in [4.78, 5) is 1.54. The van der Waals surface area contributed by atoms with E-state index in [1.165, 1.54) is 29.7 Å². The Kier molecular flexibility index (Phi) is 1.42. The highest BCUT2D eigenvalue weighted by Crippen LogP contribution is 2.34. The zero-order valence-corrected chi connectivity index (χ0v) is 6.83. The van der Waals surface area contributed by atoms with E-state index < -0.39 is 0 Å². The van der Waals surface area contributed by atoms with Gasteiger partial charge in [-0.1, -0.05) is 0 Å². The zero-order valence-electron chi connectivity index (χ0n) is 6.02. The lowest BCUT2D eigenvalue weighted by Crippen LogP contribution is -1.76. The Morgan fingerprint density at radius 2 is 2.40 bits per heavy atom. The lowest BCUT2D eigenvalue weighted by molar-refractivity contribution is 0.427. The van der Waals surface area contributed by atoms with E-state index in [0.29, 0.717) is 0 Å². The van der Waals surface area contributed by atoms with Crippen LogP contribution in [0.5, 0.6) is 5.06 Å². The molecule has 1 heterocycles. The van der Waals surface area contributed by atoms with E-state index in [1.54, 1.807) is 18.4 Å². The minimum absolute atomic E-state index is 1.07. The SMILES string of the molecule is COc1cc2c(s1)CCC2. The molecule has 1 nitrogen and oxygen atoms in total. The summed E-state index contributed by atoms with van der Waals surface area (Å²) in [6.07, 6.45) is 3.86. The zero-order chi connectivity index (χ0) is 6.97. The molecule has 0 radical (unpaired) electrons. The Morgan fingerprint density at radius 3 is 3.10 bits per heavy atom. The normalized spacial score (nSPS) is 15.3. The lowest BCUT2D eigenvalue weighted by Gasteiger charge is -1.90. The van der Waals surface area contributed by atoms with Crippen molar-refractivity contribution in [3.63, 3.8) is 0 Å². The van der Waals surface area contributed by atoms with Crippen LogP contribution < -0.4 is 4.74 Å². The quantitative estimate of drug-likeness (QED) is 0.602.